The van der Waals surface area contributed by atoms with Crippen LogP contribution in [0.5, 0.6) is 5.75 Å². The molecular weight excluding hydrogens is 264 g/mol. The molecule has 0 radical (unpaired) electrons. The van der Waals surface area contributed by atoms with Gasteiger partial charge in [0, 0.05) is 5.41 Å². The number of fused-ring (bicyclic) bond motifs is 5. The van der Waals surface area contributed by atoms with Gasteiger partial charge < -0.3 is 10.2 Å². The minimum absolute atomic E-state index is 0.0717. The number of hydrogen-bond donors (Lipinski definition) is 2. The van der Waals surface area contributed by atoms with Crippen molar-refractivity contribution in [2.45, 2.75) is 51.0 Å². The van der Waals surface area contributed by atoms with Crippen LogP contribution in [-0.4, -0.2) is 22.1 Å². The highest BCUT2D eigenvalue weighted by Crippen LogP contribution is 2.59. The Labute approximate surface area is 125 Å². The highest BCUT2D eigenvalue weighted by atomic mass is 16.3. The van der Waals surface area contributed by atoms with Crippen LogP contribution in [0.1, 0.15) is 49.7 Å². The normalized spacial score (nSPS) is 41.3. The van der Waals surface area contributed by atoms with Gasteiger partial charge in [-0.2, -0.15) is 0 Å². The molecule has 3 aliphatic rings. The van der Waals surface area contributed by atoms with E-state index in [2.05, 4.69) is 13.0 Å². The number of ketones is 1. The number of phenols is 1. The van der Waals surface area contributed by atoms with Gasteiger partial charge in [0.05, 0.1) is 0 Å². The second-order valence-corrected chi connectivity index (χ2v) is 7.37. The van der Waals surface area contributed by atoms with E-state index in [1.807, 2.05) is 6.07 Å². The lowest BCUT2D eigenvalue weighted by Crippen LogP contribution is -2.42. The molecule has 4 rings (SSSR count). The predicted octanol–water partition coefficient (Wildman–Crippen LogP) is 2.79. The van der Waals surface area contributed by atoms with Crippen molar-refractivity contribution in [3.8, 4) is 5.75 Å². The van der Waals surface area contributed by atoms with Gasteiger partial charge in [-0.3, -0.25) is 4.79 Å². The zero-order valence-corrected chi connectivity index (χ0v) is 12.4. The van der Waals surface area contributed by atoms with Crippen molar-refractivity contribution in [1.29, 1.82) is 0 Å². The first-order chi connectivity index (χ1) is 10.0. The van der Waals surface area contributed by atoms with Crippen molar-refractivity contribution in [1.82, 2.24) is 0 Å². The van der Waals surface area contributed by atoms with Gasteiger partial charge in [0.25, 0.3) is 0 Å². The molecule has 112 valence electrons. The second kappa shape index (κ2) is 4.33. The van der Waals surface area contributed by atoms with Crippen LogP contribution in [0, 0.1) is 17.3 Å². The number of benzene rings is 1. The monoisotopic (exact) mass is 286 g/mol. The van der Waals surface area contributed by atoms with Crippen molar-refractivity contribution < 1.29 is 15.0 Å². The van der Waals surface area contributed by atoms with E-state index in [0.717, 1.165) is 25.7 Å². The first-order valence-corrected chi connectivity index (χ1v) is 8.05. The summed E-state index contributed by atoms with van der Waals surface area (Å²) >= 11 is 0. The van der Waals surface area contributed by atoms with E-state index in [4.69, 9.17) is 0 Å². The van der Waals surface area contributed by atoms with Crippen molar-refractivity contribution in [3.63, 3.8) is 0 Å². The van der Waals surface area contributed by atoms with Crippen molar-refractivity contribution in [2.75, 3.05) is 0 Å². The highest BCUT2D eigenvalue weighted by Gasteiger charge is 2.57. The van der Waals surface area contributed by atoms with E-state index >= 15 is 0 Å². The Balaban J connectivity index is 1.73. The molecule has 0 saturated heterocycles. The number of rotatable bonds is 0. The first kappa shape index (κ1) is 13.3. The lowest BCUT2D eigenvalue weighted by molar-refractivity contribution is -0.134. The van der Waals surface area contributed by atoms with Crippen molar-refractivity contribution in [2.24, 2.45) is 17.3 Å². The Morgan fingerprint density at radius 3 is 2.90 bits per heavy atom. The smallest absolute Gasteiger partial charge is 0.167 e. The first-order valence-electron chi connectivity index (χ1n) is 8.05. The summed E-state index contributed by atoms with van der Waals surface area (Å²) in [5, 5.41) is 19.7. The molecule has 2 N–H and O–H groups in total. The third-order valence-electron chi connectivity index (χ3n) is 6.44. The quantitative estimate of drug-likeness (QED) is 0.771. The minimum atomic E-state index is -0.750. The number of Topliss-reactive ketones (excluding diaryl/α,β-unsaturated/α-hetero) is 1. The Bertz CT molecular complexity index is 608. The average Bonchev–Trinajstić information content (AvgIpc) is 2.70. The molecule has 0 aromatic heterocycles. The zero-order valence-electron chi connectivity index (χ0n) is 12.4. The summed E-state index contributed by atoms with van der Waals surface area (Å²) in [6.45, 7) is 2.07. The summed E-state index contributed by atoms with van der Waals surface area (Å²) in [4.78, 5) is 12.3. The number of aliphatic hydroxyl groups is 1. The van der Waals surface area contributed by atoms with Crippen molar-refractivity contribution >= 4 is 5.78 Å². The molecule has 0 amide bonds. The largest absolute Gasteiger partial charge is 0.508 e. The lowest BCUT2D eigenvalue weighted by atomic mass is 9.55. The summed E-state index contributed by atoms with van der Waals surface area (Å²) in [6.07, 6.45) is 3.84. The van der Waals surface area contributed by atoms with E-state index in [1.165, 1.54) is 11.1 Å². The number of carbonyl (C=O) groups excluding carboxylic acids is 1. The molecule has 3 aliphatic carbocycles. The summed E-state index contributed by atoms with van der Waals surface area (Å²) in [6, 6.07) is 5.75. The molecule has 1 aromatic carbocycles. The maximum Gasteiger partial charge on any atom is 0.167 e. The fourth-order valence-electron chi connectivity index (χ4n) is 5.36. The maximum atomic E-state index is 12.3. The van der Waals surface area contributed by atoms with Crippen LogP contribution in [-0.2, 0) is 11.2 Å². The SMILES string of the molecule is C[C@]12CC[C@@H]3c4ccc(O)cc4CCC3[C@@H]1C[C@H](O)C2=O. The minimum Gasteiger partial charge on any atom is -0.508 e. The van der Waals surface area contributed by atoms with Gasteiger partial charge in [0.2, 0.25) is 0 Å². The fourth-order valence-corrected chi connectivity index (χ4v) is 5.36. The van der Waals surface area contributed by atoms with Crippen LogP contribution in [0.3, 0.4) is 0 Å². The molecule has 21 heavy (non-hydrogen) atoms. The number of aliphatic hydroxyl groups excluding tert-OH is 1. The van der Waals surface area contributed by atoms with Gasteiger partial charge >= 0.3 is 0 Å². The summed E-state index contributed by atoms with van der Waals surface area (Å²) < 4.78 is 0. The Morgan fingerprint density at radius 2 is 2.10 bits per heavy atom. The summed E-state index contributed by atoms with van der Waals surface area (Å²) in [5.41, 5.74) is 2.32. The molecule has 0 heterocycles. The van der Waals surface area contributed by atoms with Crippen molar-refractivity contribution in [3.05, 3.63) is 29.3 Å². The van der Waals surface area contributed by atoms with Gasteiger partial charge in [-0.05, 0) is 73.1 Å². The van der Waals surface area contributed by atoms with Crippen LogP contribution in [0.2, 0.25) is 0 Å². The molecule has 1 unspecified atom stereocenters. The van der Waals surface area contributed by atoms with E-state index in [9.17, 15) is 15.0 Å². The van der Waals surface area contributed by atoms with Crippen LogP contribution >= 0.6 is 0 Å². The second-order valence-electron chi connectivity index (χ2n) is 7.37. The topological polar surface area (TPSA) is 57.5 Å². The highest BCUT2D eigenvalue weighted by molar-refractivity contribution is 5.91. The number of carbonyl (C=O) groups is 1. The average molecular weight is 286 g/mol. The number of aromatic hydroxyl groups is 1. The predicted molar refractivity (Wildman–Crippen MR) is 79.1 cm³/mol. The molecule has 0 spiro atoms. The molecule has 3 nitrogen and oxygen atoms in total. The van der Waals surface area contributed by atoms with E-state index in [0.29, 0.717) is 29.9 Å². The molecule has 2 saturated carbocycles. The number of aryl methyl sites for hydroxylation is 1. The van der Waals surface area contributed by atoms with E-state index in [-0.39, 0.29) is 11.2 Å². The number of phenolic OH excluding ortho intramolecular Hbond substituents is 1. The summed E-state index contributed by atoms with van der Waals surface area (Å²) in [7, 11) is 0. The molecule has 0 bridgehead atoms. The van der Waals surface area contributed by atoms with Gasteiger partial charge in [-0.15, -0.1) is 0 Å². The van der Waals surface area contributed by atoms with E-state index in [1.54, 1.807) is 6.07 Å². The summed E-state index contributed by atoms with van der Waals surface area (Å²) in [5.74, 6) is 1.73. The van der Waals surface area contributed by atoms with Gasteiger partial charge in [0.15, 0.2) is 5.78 Å². The molecule has 1 aromatic rings. The Morgan fingerprint density at radius 1 is 1.29 bits per heavy atom. The molecule has 0 aliphatic heterocycles. The molecule has 5 atom stereocenters. The number of hydrogen-bond acceptors (Lipinski definition) is 3. The molecule has 3 heteroatoms. The van der Waals surface area contributed by atoms with Gasteiger partial charge in [0.1, 0.15) is 11.9 Å². The Hall–Kier alpha value is -1.35. The molecular formula is C18H22O3. The van der Waals surface area contributed by atoms with Crippen LogP contribution in [0.25, 0.3) is 0 Å². The fraction of sp³-hybridized carbons (Fsp3) is 0.611. The maximum absolute atomic E-state index is 12.3. The Kier molecular flexibility index (Phi) is 2.74. The van der Waals surface area contributed by atoms with Gasteiger partial charge in [-0.25, -0.2) is 0 Å². The molecule has 2 fully saturated rings. The third kappa shape index (κ3) is 1.73. The van der Waals surface area contributed by atoms with E-state index < -0.39 is 6.10 Å². The lowest BCUT2D eigenvalue weighted by Gasteiger charge is -2.48. The van der Waals surface area contributed by atoms with Crippen LogP contribution in [0.4, 0.5) is 0 Å². The third-order valence-corrected chi connectivity index (χ3v) is 6.44. The van der Waals surface area contributed by atoms with Crippen LogP contribution in [0.15, 0.2) is 18.2 Å². The standard InChI is InChI=1S/C18H22O3/c1-18-7-6-13-12-5-3-11(19)8-10(12)2-4-14(13)15(18)9-16(20)17(18)21/h3,5,8,13-16,19-20H,2,4,6-7,9H2,1H3/t13-,14?,15+,16+,18+/m1/s1. The van der Waals surface area contributed by atoms with Crippen LogP contribution < -0.4 is 0 Å². The van der Waals surface area contributed by atoms with Gasteiger partial charge in [-0.1, -0.05) is 13.0 Å². The zero-order chi connectivity index (χ0) is 14.8.